The van der Waals surface area contributed by atoms with Gasteiger partial charge in [-0.2, -0.15) is 0 Å². The number of rotatable bonds is 5. The van der Waals surface area contributed by atoms with Gasteiger partial charge in [0, 0.05) is 38.4 Å². The van der Waals surface area contributed by atoms with Crippen molar-refractivity contribution in [1.82, 2.24) is 15.2 Å². The zero-order valence-electron chi connectivity index (χ0n) is 12.4. The van der Waals surface area contributed by atoms with Crippen LogP contribution >= 0.6 is 0 Å². The fourth-order valence-corrected chi connectivity index (χ4v) is 2.30. The smallest absolute Gasteiger partial charge is 0.234 e. The molecule has 1 aliphatic heterocycles. The quantitative estimate of drug-likeness (QED) is 0.875. The minimum atomic E-state index is 0.130. The summed E-state index contributed by atoms with van der Waals surface area (Å²) >= 11 is 0. The van der Waals surface area contributed by atoms with E-state index in [1.54, 1.807) is 0 Å². The maximum Gasteiger partial charge on any atom is 0.234 e. The molecule has 1 saturated heterocycles. The first-order chi connectivity index (χ1) is 9.69. The van der Waals surface area contributed by atoms with Crippen LogP contribution in [0, 0.1) is 0 Å². The van der Waals surface area contributed by atoms with Gasteiger partial charge in [-0.15, -0.1) is 0 Å². The summed E-state index contributed by atoms with van der Waals surface area (Å²) in [5.74, 6) is 1.15. The second kappa shape index (κ2) is 7.24. The van der Waals surface area contributed by atoms with Crippen molar-refractivity contribution in [3.8, 4) is 0 Å². The van der Waals surface area contributed by atoms with Gasteiger partial charge in [-0.1, -0.05) is 13.0 Å². The lowest BCUT2D eigenvalue weighted by Gasteiger charge is -2.35. The van der Waals surface area contributed by atoms with Crippen LogP contribution in [-0.2, 0) is 4.79 Å². The highest BCUT2D eigenvalue weighted by Crippen LogP contribution is 2.12. The van der Waals surface area contributed by atoms with Crippen LogP contribution in [0.2, 0.25) is 0 Å². The average molecular weight is 276 g/mol. The third kappa shape index (κ3) is 4.20. The standard InChI is InChI=1S/C15H24N4O/c1-3-13(2)17-15(20)12-18-8-10-19(11-9-18)14-6-4-5-7-16-14/h4-7,13H,3,8-12H2,1-2H3,(H,17,20). The maximum absolute atomic E-state index is 11.9. The molecule has 0 bridgehead atoms. The Balaban J connectivity index is 1.76. The average Bonchev–Trinajstić information content (AvgIpc) is 2.48. The van der Waals surface area contributed by atoms with Crippen LogP contribution in [0.4, 0.5) is 5.82 Å². The molecule has 0 aromatic carbocycles. The summed E-state index contributed by atoms with van der Waals surface area (Å²) in [6.07, 6.45) is 2.79. The molecule has 1 N–H and O–H groups in total. The summed E-state index contributed by atoms with van der Waals surface area (Å²) in [6.45, 7) is 8.28. The molecule has 0 aliphatic carbocycles. The molecule has 0 spiro atoms. The van der Waals surface area contributed by atoms with E-state index in [1.165, 1.54) is 0 Å². The number of piperazine rings is 1. The molecule has 1 aromatic rings. The van der Waals surface area contributed by atoms with Crippen LogP contribution < -0.4 is 10.2 Å². The van der Waals surface area contributed by atoms with Crippen molar-refractivity contribution < 1.29 is 4.79 Å². The first kappa shape index (κ1) is 14.8. The van der Waals surface area contributed by atoms with Crippen molar-refractivity contribution in [3.63, 3.8) is 0 Å². The van der Waals surface area contributed by atoms with Crippen molar-refractivity contribution in [3.05, 3.63) is 24.4 Å². The number of hydrogen-bond donors (Lipinski definition) is 1. The van der Waals surface area contributed by atoms with E-state index in [0.717, 1.165) is 38.4 Å². The van der Waals surface area contributed by atoms with E-state index < -0.39 is 0 Å². The first-order valence-corrected chi connectivity index (χ1v) is 7.36. The topological polar surface area (TPSA) is 48.5 Å². The van der Waals surface area contributed by atoms with E-state index in [-0.39, 0.29) is 11.9 Å². The van der Waals surface area contributed by atoms with Gasteiger partial charge < -0.3 is 10.2 Å². The molecule has 0 saturated carbocycles. The Morgan fingerprint density at radius 1 is 1.35 bits per heavy atom. The first-order valence-electron chi connectivity index (χ1n) is 7.36. The Labute approximate surface area is 121 Å². The fraction of sp³-hybridized carbons (Fsp3) is 0.600. The fourth-order valence-electron chi connectivity index (χ4n) is 2.30. The van der Waals surface area contributed by atoms with E-state index in [4.69, 9.17) is 0 Å². The van der Waals surface area contributed by atoms with Crippen molar-refractivity contribution in [2.75, 3.05) is 37.6 Å². The molecule has 20 heavy (non-hydrogen) atoms. The van der Waals surface area contributed by atoms with Crippen LogP contribution in [0.1, 0.15) is 20.3 Å². The molecule has 1 unspecified atom stereocenters. The van der Waals surface area contributed by atoms with Crippen LogP contribution in [0.15, 0.2) is 24.4 Å². The van der Waals surface area contributed by atoms with Gasteiger partial charge in [0.1, 0.15) is 5.82 Å². The molecule has 1 fully saturated rings. The molecule has 2 rings (SSSR count). The minimum absolute atomic E-state index is 0.130. The van der Waals surface area contributed by atoms with E-state index >= 15 is 0 Å². The van der Waals surface area contributed by atoms with E-state index in [1.807, 2.05) is 31.3 Å². The third-order valence-corrected chi connectivity index (χ3v) is 3.73. The van der Waals surface area contributed by atoms with Crippen molar-refractivity contribution in [2.45, 2.75) is 26.3 Å². The van der Waals surface area contributed by atoms with Gasteiger partial charge in [0.2, 0.25) is 5.91 Å². The highest BCUT2D eigenvalue weighted by molar-refractivity contribution is 5.78. The van der Waals surface area contributed by atoms with Gasteiger partial charge >= 0.3 is 0 Å². The van der Waals surface area contributed by atoms with Crippen LogP contribution in [0.25, 0.3) is 0 Å². The third-order valence-electron chi connectivity index (χ3n) is 3.73. The summed E-state index contributed by atoms with van der Waals surface area (Å²) in [7, 11) is 0. The largest absolute Gasteiger partial charge is 0.354 e. The zero-order valence-corrected chi connectivity index (χ0v) is 12.4. The molecule has 110 valence electrons. The van der Waals surface area contributed by atoms with Crippen LogP contribution in [0.3, 0.4) is 0 Å². The van der Waals surface area contributed by atoms with E-state index in [2.05, 4.69) is 27.0 Å². The number of carbonyl (C=O) groups excluding carboxylic acids is 1. The number of aromatic nitrogens is 1. The number of carbonyl (C=O) groups is 1. The highest BCUT2D eigenvalue weighted by Gasteiger charge is 2.19. The van der Waals surface area contributed by atoms with Crippen molar-refractivity contribution in [2.24, 2.45) is 0 Å². The molecule has 1 aromatic heterocycles. The number of amides is 1. The monoisotopic (exact) mass is 276 g/mol. The lowest BCUT2D eigenvalue weighted by molar-refractivity contribution is -0.122. The van der Waals surface area contributed by atoms with Gasteiger partial charge in [-0.3, -0.25) is 9.69 Å². The van der Waals surface area contributed by atoms with Crippen molar-refractivity contribution >= 4 is 11.7 Å². The highest BCUT2D eigenvalue weighted by atomic mass is 16.2. The number of hydrogen-bond acceptors (Lipinski definition) is 4. The molecule has 5 heteroatoms. The molecule has 5 nitrogen and oxygen atoms in total. The molecule has 2 heterocycles. The summed E-state index contributed by atoms with van der Waals surface area (Å²) in [5.41, 5.74) is 0. The Morgan fingerprint density at radius 2 is 2.10 bits per heavy atom. The molecule has 0 radical (unpaired) electrons. The van der Waals surface area contributed by atoms with E-state index in [0.29, 0.717) is 6.54 Å². The van der Waals surface area contributed by atoms with Crippen LogP contribution in [-0.4, -0.2) is 54.6 Å². The van der Waals surface area contributed by atoms with Gasteiger partial charge in [-0.25, -0.2) is 4.98 Å². The van der Waals surface area contributed by atoms with Gasteiger partial charge in [-0.05, 0) is 25.5 Å². The predicted octanol–water partition coefficient (Wildman–Crippen LogP) is 1.12. The minimum Gasteiger partial charge on any atom is -0.354 e. The summed E-state index contributed by atoms with van der Waals surface area (Å²) in [5, 5.41) is 3.01. The predicted molar refractivity (Wildman–Crippen MR) is 80.8 cm³/mol. The molecule has 1 aliphatic rings. The second-order valence-electron chi connectivity index (χ2n) is 5.33. The van der Waals surface area contributed by atoms with Gasteiger partial charge in [0.15, 0.2) is 0 Å². The number of nitrogens with one attached hydrogen (secondary N) is 1. The lowest BCUT2D eigenvalue weighted by Crippen LogP contribution is -2.50. The van der Waals surface area contributed by atoms with Gasteiger partial charge in [0.25, 0.3) is 0 Å². The Morgan fingerprint density at radius 3 is 2.70 bits per heavy atom. The SMILES string of the molecule is CCC(C)NC(=O)CN1CCN(c2ccccn2)CC1. The molecule has 1 atom stereocenters. The lowest BCUT2D eigenvalue weighted by atomic mass is 10.2. The van der Waals surface area contributed by atoms with Crippen LogP contribution in [0.5, 0.6) is 0 Å². The molecule has 1 amide bonds. The summed E-state index contributed by atoms with van der Waals surface area (Å²) < 4.78 is 0. The summed E-state index contributed by atoms with van der Waals surface area (Å²) in [6, 6.07) is 6.23. The number of nitrogens with zero attached hydrogens (tertiary/aromatic N) is 3. The van der Waals surface area contributed by atoms with Crippen molar-refractivity contribution in [1.29, 1.82) is 0 Å². The normalized spacial score (nSPS) is 17.8. The molecular weight excluding hydrogens is 252 g/mol. The Bertz CT molecular complexity index is 415. The van der Waals surface area contributed by atoms with E-state index in [9.17, 15) is 4.79 Å². The number of anilines is 1. The molecular formula is C15H24N4O. The second-order valence-corrected chi connectivity index (χ2v) is 5.33. The van der Waals surface area contributed by atoms with Gasteiger partial charge in [0.05, 0.1) is 6.54 Å². The zero-order chi connectivity index (χ0) is 14.4. The number of pyridine rings is 1. The Kier molecular flexibility index (Phi) is 5.35. The summed E-state index contributed by atoms with van der Waals surface area (Å²) in [4.78, 5) is 20.7. The maximum atomic E-state index is 11.9. The Hall–Kier alpha value is -1.62.